The van der Waals surface area contributed by atoms with Crippen LogP contribution in [-0.4, -0.2) is 20.2 Å². The Balaban J connectivity index is 1.91. The molecule has 0 aromatic heterocycles. The van der Waals surface area contributed by atoms with Crippen molar-refractivity contribution in [2.24, 2.45) is 5.41 Å². The third-order valence-electron chi connectivity index (χ3n) is 5.39. The Kier molecular flexibility index (Phi) is 3.23. The van der Waals surface area contributed by atoms with Gasteiger partial charge in [-0.3, -0.25) is 4.79 Å². The largest absolute Gasteiger partial charge is 0.497 e. The minimum atomic E-state index is -0.229. The standard InChI is InChI=1S/C17H22O3/c1-19-14-6-4-13(5-7-14)16-8-3-9-17(12-16,11-10-16)15(18)20-2/h4-7H,3,8-12H2,1-2H3. The topological polar surface area (TPSA) is 35.5 Å². The maximum atomic E-state index is 12.2. The van der Waals surface area contributed by atoms with Gasteiger partial charge in [0.1, 0.15) is 5.75 Å². The summed E-state index contributed by atoms with van der Waals surface area (Å²) in [4.78, 5) is 12.2. The SMILES string of the molecule is COC(=O)C12CCCC(c3ccc(OC)cc3)(CC1)C2. The number of hydrogen-bond acceptors (Lipinski definition) is 3. The van der Waals surface area contributed by atoms with Gasteiger partial charge in [0.05, 0.1) is 19.6 Å². The first-order valence-electron chi connectivity index (χ1n) is 7.37. The third-order valence-corrected chi connectivity index (χ3v) is 5.39. The lowest BCUT2D eigenvalue weighted by atomic mass is 9.66. The fourth-order valence-electron chi connectivity index (χ4n) is 4.32. The average molecular weight is 274 g/mol. The summed E-state index contributed by atoms with van der Waals surface area (Å²) in [5, 5.41) is 0. The van der Waals surface area contributed by atoms with E-state index in [0.717, 1.165) is 37.9 Å². The van der Waals surface area contributed by atoms with Crippen molar-refractivity contribution in [1.29, 1.82) is 0 Å². The lowest BCUT2D eigenvalue weighted by molar-refractivity contribution is -0.154. The molecule has 0 spiro atoms. The van der Waals surface area contributed by atoms with Crippen LogP contribution in [0.3, 0.4) is 0 Å². The molecule has 0 saturated heterocycles. The van der Waals surface area contributed by atoms with E-state index >= 15 is 0 Å². The van der Waals surface area contributed by atoms with E-state index in [1.165, 1.54) is 19.1 Å². The zero-order valence-electron chi connectivity index (χ0n) is 12.3. The highest BCUT2D eigenvalue weighted by Gasteiger charge is 2.55. The van der Waals surface area contributed by atoms with Crippen LogP contribution in [0, 0.1) is 5.41 Å². The second-order valence-electron chi connectivity index (χ2n) is 6.31. The highest BCUT2D eigenvalue weighted by Crippen LogP contribution is 2.59. The van der Waals surface area contributed by atoms with Crippen molar-refractivity contribution in [3.63, 3.8) is 0 Å². The number of fused-ring (bicyclic) bond motifs is 2. The molecule has 1 aromatic carbocycles. The van der Waals surface area contributed by atoms with E-state index in [2.05, 4.69) is 12.1 Å². The predicted molar refractivity (Wildman–Crippen MR) is 76.8 cm³/mol. The van der Waals surface area contributed by atoms with Gasteiger partial charge in [-0.05, 0) is 55.2 Å². The number of hydrogen-bond donors (Lipinski definition) is 0. The average Bonchev–Trinajstić information content (AvgIpc) is 2.79. The maximum absolute atomic E-state index is 12.2. The molecule has 3 nitrogen and oxygen atoms in total. The molecule has 20 heavy (non-hydrogen) atoms. The zero-order chi connectivity index (χ0) is 14.2. The first kappa shape index (κ1) is 13.5. The Hall–Kier alpha value is -1.51. The van der Waals surface area contributed by atoms with Crippen LogP contribution in [0.25, 0.3) is 0 Å². The van der Waals surface area contributed by atoms with Gasteiger partial charge < -0.3 is 9.47 Å². The van der Waals surface area contributed by atoms with E-state index in [9.17, 15) is 4.79 Å². The maximum Gasteiger partial charge on any atom is 0.311 e. The fraction of sp³-hybridized carbons (Fsp3) is 0.588. The van der Waals surface area contributed by atoms with E-state index in [-0.39, 0.29) is 16.8 Å². The molecule has 0 N–H and O–H groups in total. The van der Waals surface area contributed by atoms with Crippen LogP contribution in [0.15, 0.2) is 24.3 Å². The number of carbonyl (C=O) groups is 1. The molecule has 2 aliphatic rings. The summed E-state index contributed by atoms with van der Waals surface area (Å²) in [7, 11) is 3.20. The molecule has 0 aliphatic heterocycles. The van der Waals surface area contributed by atoms with Crippen LogP contribution < -0.4 is 4.74 Å². The molecule has 3 heteroatoms. The third kappa shape index (κ3) is 1.91. The first-order valence-corrected chi connectivity index (χ1v) is 7.37. The summed E-state index contributed by atoms with van der Waals surface area (Å²) in [5.74, 6) is 0.880. The van der Waals surface area contributed by atoms with Crippen molar-refractivity contribution in [1.82, 2.24) is 0 Å². The molecule has 108 valence electrons. The molecule has 0 amide bonds. The molecule has 2 saturated carbocycles. The van der Waals surface area contributed by atoms with E-state index in [0.29, 0.717) is 0 Å². The molecule has 1 aromatic rings. The highest BCUT2D eigenvalue weighted by molar-refractivity contribution is 5.78. The van der Waals surface area contributed by atoms with E-state index in [4.69, 9.17) is 9.47 Å². The Morgan fingerprint density at radius 3 is 2.45 bits per heavy atom. The van der Waals surface area contributed by atoms with Crippen LogP contribution in [0.2, 0.25) is 0 Å². The Morgan fingerprint density at radius 2 is 1.80 bits per heavy atom. The summed E-state index contributed by atoms with van der Waals surface area (Å²) in [6.07, 6.45) is 6.27. The number of benzene rings is 1. The molecule has 2 unspecified atom stereocenters. The van der Waals surface area contributed by atoms with E-state index in [1.807, 2.05) is 12.1 Å². The summed E-state index contributed by atoms with van der Waals surface area (Å²) < 4.78 is 10.3. The number of esters is 1. The quantitative estimate of drug-likeness (QED) is 0.792. The minimum Gasteiger partial charge on any atom is -0.497 e. The lowest BCUT2D eigenvalue weighted by Crippen LogP contribution is -2.36. The Labute approximate surface area is 120 Å². The van der Waals surface area contributed by atoms with Crippen LogP contribution in [0.5, 0.6) is 5.75 Å². The van der Waals surface area contributed by atoms with Gasteiger partial charge in [-0.1, -0.05) is 18.6 Å². The smallest absolute Gasteiger partial charge is 0.311 e. The second-order valence-corrected chi connectivity index (χ2v) is 6.31. The highest BCUT2D eigenvalue weighted by atomic mass is 16.5. The molecule has 0 radical (unpaired) electrons. The van der Waals surface area contributed by atoms with Crippen molar-refractivity contribution in [3.8, 4) is 5.75 Å². The molecule has 2 bridgehead atoms. The number of methoxy groups -OCH3 is 2. The molecule has 0 heterocycles. The van der Waals surface area contributed by atoms with Gasteiger partial charge in [-0.15, -0.1) is 0 Å². The van der Waals surface area contributed by atoms with Gasteiger partial charge in [0.25, 0.3) is 0 Å². The Morgan fingerprint density at radius 1 is 1.05 bits per heavy atom. The van der Waals surface area contributed by atoms with E-state index < -0.39 is 0 Å². The summed E-state index contributed by atoms with van der Waals surface area (Å²) in [5.41, 5.74) is 1.29. The minimum absolute atomic E-state index is 0.00686. The molecule has 2 fully saturated rings. The van der Waals surface area contributed by atoms with Crippen molar-refractivity contribution in [3.05, 3.63) is 29.8 Å². The van der Waals surface area contributed by atoms with Gasteiger partial charge >= 0.3 is 5.97 Å². The van der Waals surface area contributed by atoms with Gasteiger partial charge in [-0.25, -0.2) is 0 Å². The van der Waals surface area contributed by atoms with Gasteiger partial charge in [0, 0.05) is 0 Å². The van der Waals surface area contributed by atoms with Crippen LogP contribution in [0.4, 0.5) is 0 Å². The number of rotatable bonds is 3. The monoisotopic (exact) mass is 274 g/mol. The molecular weight excluding hydrogens is 252 g/mol. The summed E-state index contributed by atoms with van der Waals surface area (Å²) in [6, 6.07) is 8.38. The molecule has 2 aliphatic carbocycles. The van der Waals surface area contributed by atoms with Crippen molar-refractivity contribution in [2.45, 2.75) is 43.9 Å². The normalized spacial score (nSPS) is 31.9. The van der Waals surface area contributed by atoms with Crippen molar-refractivity contribution in [2.75, 3.05) is 14.2 Å². The van der Waals surface area contributed by atoms with Crippen LogP contribution in [-0.2, 0) is 14.9 Å². The van der Waals surface area contributed by atoms with Crippen molar-refractivity contribution >= 4 is 5.97 Å². The van der Waals surface area contributed by atoms with Gasteiger partial charge in [-0.2, -0.15) is 0 Å². The lowest BCUT2D eigenvalue weighted by Gasteiger charge is -2.38. The van der Waals surface area contributed by atoms with Gasteiger partial charge in [0.15, 0.2) is 0 Å². The second kappa shape index (κ2) is 4.80. The van der Waals surface area contributed by atoms with Crippen LogP contribution >= 0.6 is 0 Å². The first-order chi connectivity index (χ1) is 9.64. The number of ether oxygens (including phenoxy) is 2. The molecule has 3 rings (SSSR count). The van der Waals surface area contributed by atoms with Gasteiger partial charge in [0.2, 0.25) is 0 Å². The zero-order valence-corrected chi connectivity index (χ0v) is 12.3. The fourth-order valence-corrected chi connectivity index (χ4v) is 4.32. The van der Waals surface area contributed by atoms with Crippen molar-refractivity contribution < 1.29 is 14.3 Å². The summed E-state index contributed by atoms with van der Waals surface area (Å²) in [6.45, 7) is 0. The molecular formula is C17H22O3. The van der Waals surface area contributed by atoms with Crippen LogP contribution in [0.1, 0.15) is 44.1 Å². The van der Waals surface area contributed by atoms with E-state index in [1.54, 1.807) is 7.11 Å². The Bertz CT molecular complexity index is 507. The molecule has 2 atom stereocenters. The summed E-state index contributed by atoms with van der Waals surface area (Å²) >= 11 is 0. The number of carbonyl (C=O) groups excluding carboxylic acids is 1. The predicted octanol–water partition coefficient (Wildman–Crippen LogP) is 3.46.